The van der Waals surface area contributed by atoms with Gasteiger partial charge in [-0.15, -0.1) is 0 Å². The van der Waals surface area contributed by atoms with Gasteiger partial charge in [-0.05, 0) is 43.7 Å². The number of hydrogen-bond donors (Lipinski definition) is 0. The van der Waals surface area contributed by atoms with Crippen molar-refractivity contribution in [1.29, 1.82) is 0 Å². The Morgan fingerprint density at radius 3 is 2.74 bits per heavy atom. The molecular weight excluding hydrogens is 405 g/mol. The van der Waals surface area contributed by atoms with Gasteiger partial charge in [0.2, 0.25) is 17.6 Å². The molecule has 1 aliphatic rings. The highest BCUT2D eigenvalue weighted by Gasteiger charge is 2.38. The lowest BCUT2D eigenvalue weighted by Crippen LogP contribution is -2.39. The molecule has 9 heteroatoms. The molecule has 31 heavy (non-hydrogen) atoms. The van der Waals surface area contributed by atoms with Crippen LogP contribution in [0.15, 0.2) is 42.5 Å². The molecule has 0 N–H and O–H groups in total. The van der Waals surface area contributed by atoms with E-state index in [9.17, 15) is 24.1 Å². The van der Waals surface area contributed by atoms with Crippen LogP contribution in [0.25, 0.3) is 0 Å². The maximum absolute atomic E-state index is 13.7. The molecule has 0 aromatic heterocycles. The Labute approximate surface area is 179 Å². The van der Waals surface area contributed by atoms with Crippen LogP contribution < -0.4 is 9.64 Å². The third-order valence-electron chi connectivity index (χ3n) is 5.58. The predicted octanol–water partition coefficient (Wildman–Crippen LogP) is 3.71. The lowest BCUT2D eigenvalue weighted by molar-refractivity contribution is -0.387. The first-order valence-corrected chi connectivity index (χ1v) is 9.95. The highest BCUT2D eigenvalue weighted by Crippen LogP contribution is 2.32. The number of carbonyl (C=O) groups is 2. The van der Waals surface area contributed by atoms with E-state index in [2.05, 4.69) is 0 Å². The number of benzene rings is 2. The third-order valence-corrected chi connectivity index (χ3v) is 5.58. The number of anilines is 1. The average molecular weight is 429 g/mol. The maximum atomic E-state index is 13.7. The largest absolute Gasteiger partial charge is 0.497 e. The van der Waals surface area contributed by atoms with Crippen LogP contribution in [0.4, 0.5) is 15.8 Å². The quantitative estimate of drug-likeness (QED) is 0.494. The van der Waals surface area contributed by atoms with Gasteiger partial charge < -0.3 is 14.5 Å². The summed E-state index contributed by atoms with van der Waals surface area (Å²) < 4.78 is 18.9. The molecule has 164 valence electrons. The second-order valence-electron chi connectivity index (χ2n) is 7.38. The first-order chi connectivity index (χ1) is 14.8. The van der Waals surface area contributed by atoms with Crippen LogP contribution in [-0.4, -0.2) is 41.8 Å². The molecule has 2 aromatic carbocycles. The Balaban J connectivity index is 1.80. The van der Waals surface area contributed by atoms with Crippen LogP contribution in [0.3, 0.4) is 0 Å². The zero-order valence-corrected chi connectivity index (χ0v) is 17.6. The lowest BCUT2D eigenvalue weighted by Gasteiger charge is -2.31. The lowest BCUT2D eigenvalue weighted by atomic mass is 10.0. The molecule has 0 spiro atoms. The average Bonchev–Trinajstić information content (AvgIpc) is 3.15. The number of methoxy groups -OCH3 is 1. The fourth-order valence-electron chi connectivity index (χ4n) is 3.87. The van der Waals surface area contributed by atoms with Gasteiger partial charge in [0.1, 0.15) is 5.75 Å². The monoisotopic (exact) mass is 429 g/mol. The zero-order valence-electron chi connectivity index (χ0n) is 17.6. The number of hydrogen-bond acceptors (Lipinski definition) is 5. The van der Waals surface area contributed by atoms with Crippen LogP contribution in [-0.2, 0) is 9.59 Å². The van der Waals surface area contributed by atoms with Gasteiger partial charge in [0.15, 0.2) is 0 Å². The third kappa shape index (κ3) is 4.50. The van der Waals surface area contributed by atoms with Gasteiger partial charge in [-0.1, -0.05) is 12.1 Å². The number of nitro groups is 1. The van der Waals surface area contributed by atoms with E-state index in [1.165, 1.54) is 11.0 Å². The molecule has 0 bridgehead atoms. The Hall–Kier alpha value is -3.49. The highest BCUT2D eigenvalue weighted by atomic mass is 19.1. The van der Waals surface area contributed by atoms with E-state index in [-0.39, 0.29) is 36.5 Å². The first-order valence-electron chi connectivity index (χ1n) is 9.95. The predicted molar refractivity (Wildman–Crippen MR) is 112 cm³/mol. The Morgan fingerprint density at radius 1 is 1.35 bits per heavy atom. The van der Waals surface area contributed by atoms with Crippen molar-refractivity contribution in [3.8, 4) is 5.75 Å². The number of ether oxygens (including phenoxy) is 1. The van der Waals surface area contributed by atoms with E-state index in [1.807, 2.05) is 38.1 Å². The van der Waals surface area contributed by atoms with Gasteiger partial charge in [-0.2, -0.15) is 4.39 Å². The van der Waals surface area contributed by atoms with Crippen molar-refractivity contribution in [2.45, 2.75) is 26.3 Å². The van der Waals surface area contributed by atoms with Crippen molar-refractivity contribution < 1.29 is 23.6 Å². The molecule has 2 unspecified atom stereocenters. The summed E-state index contributed by atoms with van der Waals surface area (Å²) in [7, 11) is 1.57. The molecule has 3 rings (SSSR count). The summed E-state index contributed by atoms with van der Waals surface area (Å²) in [6.07, 6.45) is -0.00859. The van der Waals surface area contributed by atoms with Gasteiger partial charge in [-0.3, -0.25) is 19.7 Å². The molecule has 0 aliphatic carbocycles. The minimum absolute atomic E-state index is 0.00859. The summed E-state index contributed by atoms with van der Waals surface area (Å²) >= 11 is 0. The number of carbonyl (C=O) groups excluding carboxylic acids is 2. The fraction of sp³-hybridized carbons (Fsp3) is 0.364. The summed E-state index contributed by atoms with van der Waals surface area (Å²) in [6, 6.07) is 10.5. The smallest absolute Gasteiger partial charge is 0.306 e. The van der Waals surface area contributed by atoms with E-state index < -0.39 is 22.3 Å². The molecule has 2 atom stereocenters. The van der Waals surface area contributed by atoms with Gasteiger partial charge in [0.05, 0.1) is 29.7 Å². The standard InChI is InChI=1S/C22H24FN3O5/c1-4-24(14(2)15-6-5-7-18(10-15)31-3)22(28)16-11-21(27)25(13-16)17-8-9-19(23)20(12-17)26(29)30/h5-10,12,14,16H,4,11,13H2,1-3H3. The minimum Gasteiger partial charge on any atom is -0.497 e. The highest BCUT2D eigenvalue weighted by molar-refractivity contribution is 6.00. The molecule has 1 saturated heterocycles. The first kappa shape index (κ1) is 22.2. The number of nitro benzene ring substituents is 1. The van der Waals surface area contributed by atoms with Crippen molar-refractivity contribution in [3.63, 3.8) is 0 Å². The number of nitrogens with zero attached hydrogens (tertiary/aromatic N) is 3. The molecule has 1 heterocycles. The topological polar surface area (TPSA) is 93.0 Å². The summed E-state index contributed by atoms with van der Waals surface area (Å²) in [5.41, 5.74) is 0.407. The molecule has 0 saturated carbocycles. The van der Waals surface area contributed by atoms with Crippen LogP contribution >= 0.6 is 0 Å². The van der Waals surface area contributed by atoms with E-state index in [0.29, 0.717) is 12.3 Å². The van der Waals surface area contributed by atoms with E-state index >= 15 is 0 Å². The van der Waals surface area contributed by atoms with E-state index in [1.54, 1.807) is 12.0 Å². The molecular formula is C22H24FN3O5. The normalized spacial score (nSPS) is 16.8. The van der Waals surface area contributed by atoms with Crippen LogP contribution in [0.5, 0.6) is 5.75 Å². The Morgan fingerprint density at radius 2 is 2.10 bits per heavy atom. The van der Waals surface area contributed by atoms with E-state index in [0.717, 1.165) is 17.7 Å². The molecule has 0 radical (unpaired) electrons. The van der Waals surface area contributed by atoms with Gasteiger partial charge in [0, 0.05) is 25.6 Å². The molecule has 2 aromatic rings. The fourth-order valence-corrected chi connectivity index (χ4v) is 3.87. The van der Waals surface area contributed by atoms with Crippen molar-refractivity contribution in [2.75, 3.05) is 25.1 Å². The number of amides is 2. The van der Waals surface area contributed by atoms with E-state index in [4.69, 9.17) is 4.74 Å². The molecule has 2 amide bonds. The zero-order chi connectivity index (χ0) is 22.7. The second kappa shape index (κ2) is 9.11. The number of halogens is 1. The minimum atomic E-state index is -0.975. The molecule has 8 nitrogen and oxygen atoms in total. The number of rotatable bonds is 7. The van der Waals surface area contributed by atoms with Crippen molar-refractivity contribution >= 4 is 23.2 Å². The summed E-state index contributed by atoms with van der Waals surface area (Å²) in [5.74, 6) is -1.38. The summed E-state index contributed by atoms with van der Waals surface area (Å²) in [6.45, 7) is 4.31. The Bertz CT molecular complexity index is 1010. The van der Waals surface area contributed by atoms with Crippen LogP contribution in [0, 0.1) is 21.8 Å². The second-order valence-corrected chi connectivity index (χ2v) is 7.38. The van der Waals surface area contributed by atoms with Crippen LogP contribution in [0.1, 0.15) is 31.9 Å². The van der Waals surface area contributed by atoms with Gasteiger partial charge >= 0.3 is 5.69 Å². The molecule has 1 aliphatic heterocycles. The van der Waals surface area contributed by atoms with Crippen molar-refractivity contribution in [2.24, 2.45) is 5.92 Å². The van der Waals surface area contributed by atoms with Crippen LogP contribution in [0.2, 0.25) is 0 Å². The van der Waals surface area contributed by atoms with Crippen molar-refractivity contribution in [3.05, 3.63) is 64.0 Å². The van der Waals surface area contributed by atoms with Gasteiger partial charge in [-0.25, -0.2) is 0 Å². The SMILES string of the molecule is CCN(C(=O)C1CC(=O)N(c2ccc(F)c([N+](=O)[O-])c2)C1)C(C)c1cccc(OC)c1. The summed E-state index contributed by atoms with van der Waals surface area (Å²) in [4.78, 5) is 39.0. The molecule has 1 fully saturated rings. The summed E-state index contributed by atoms with van der Waals surface area (Å²) in [5, 5.41) is 11.0. The Kier molecular flexibility index (Phi) is 6.53. The maximum Gasteiger partial charge on any atom is 0.306 e. The van der Waals surface area contributed by atoms with Gasteiger partial charge in [0.25, 0.3) is 0 Å². The van der Waals surface area contributed by atoms with Crippen molar-refractivity contribution in [1.82, 2.24) is 4.90 Å².